The van der Waals surface area contributed by atoms with Crippen LogP contribution in [0, 0.1) is 0 Å². The predicted molar refractivity (Wildman–Crippen MR) is 42.9 cm³/mol. The van der Waals surface area contributed by atoms with Gasteiger partial charge in [0.15, 0.2) is 0 Å². The Morgan fingerprint density at radius 1 is 1.56 bits per heavy atom. The van der Waals surface area contributed by atoms with E-state index in [-0.39, 0.29) is 6.61 Å². The predicted octanol–water partition coefficient (Wildman–Crippen LogP) is 0.272. The molecule has 0 aromatic heterocycles. The van der Waals surface area contributed by atoms with Crippen molar-refractivity contribution in [2.45, 2.75) is 6.04 Å². The summed E-state index contributed by atoms with van der Waals surface area (Å²) in [6.45, 7) is 0.258. The number of likely N-dealkylation sites (N-methyl/N-ethyl adjacent to an activating group) is 1. The molecule has 0 aromatic rings. The number of rotatable bonds is 4. The third-order valence-electron chi connectivity index (χ3n) is 1.30. The van der Waals surface area contributed by atoms with Gasteiger partial charge in [0, 0.05) is 11.8 Å². The SMILES string of the molecule is CSCC(CO)N(C)C. The Morgan fingerprint density at radius 2 is 2.11 bits per heavy atom. The minimum absolute atomic E-state index is 0.258. The molecule has 1 unspecified atom stereocenters. The number of hydrogen-bond acceptors (Lipinski definition) is 3. The molecule has 1 N–H and O–H groups in total. The summed E-state index contributed by atoms with van der Waals surface area (Å²) in [5, 5.41) is 8.77. The van der Waals surface area contributed by atoms with Crippen molar-refractivity contribution in [1.29, 1.82) is 0 Å². The van der Waals surface area contributed by atoms with Crippen molar-refractivity contribution in [2.24, 2.45) is 0 Å². The Morgan fingerprint density at radius 3 is 2.22 bits per heavy atom. The number of hydrogen-bond donors (Lipinski definition) is 1. The molecule has 0 saturated carbocycles. The highest BCUT2D eigenvalue weighted by molar-refractivity contribution is 7.98. The molecule has 0 aromatic carbocycles. The van der Waals surface area contributed by atoms with E-state index < -0.39 is 0 Å². The van der Waals surface area contributed by atoms with Gasteiger partial charge in [-0.15, -0.1) is 0 Å². The summed E-state index contributed by atoms with van der Waals surface area (Å²) in [6, 6.07) is 0.319. The maximum Gasteiger partial charge on any atom is 0.0594 e. The second kappa shape index (κ2) is 5.09. The van der Waals surface area contributed by atoms with Crippen LogP contribution in [0.2, 0.25) is 0 Å². The van der Waals surface area contributed by atoms with Gasteiger partial charge in [-0.3, -0.25) is 0 Å². The average molecular weight is 149 g/mol. The Balaban J connectivity index is 3.41. The maximum atomic E-state index is 8.77. The van der Waals surface area contributed by atoms with E-state index in [1.807, 2.05) is 25.3 Å². The summed E-state index contributed by atoms with van der Waals surface area (Å²) in [5.41, 5.74) is 0. The van der Waals surface area contributed by atoms with Gasteiger partial charge in [-0.2, -0.15) is 11.8 Å². The van der Waals surface area contributed by atoms with E-state index in [9.17, 15) is 0 Å². The summed E-state index contributed by atoms with van der Waals surface area (Å²) in [7, 11) is 3.97. The van der Waals surface area contributed by atoms with Crippen LogP contribution in [0.25, 0.3) is 0 Å². The smallest absolute Gasteiger partial charge is 0.0594 e. The Kier molecular flexibility index (Phi) is 5.24. The molecule has 9 heavy (non-hydrogen) atoms. The van der Waals surface area contributed by atoms with Crippen LogP contribution in [0.15, 0.2) is 0 Å². The van der Waals surface area contributed by atoms with Crippen molar-refractivity contribution < 1.29 is 5.11 Å². The summed E-state index contributed by atoms with van der Waals surface area (Å²) < 4.78 is 0. The zero-order valence-corrected chi connectivity index (χ0v) is 7.11. The summed E-state index contributed by atoms with van der Waals surface area (Å²) in [4.78, 5) is 2.04. The molecule has 0 aliphatic rings. The molecule has 0 aliphatic carbocycles. The molecule has 0 saturated heterocycles. The van der Waals surface area contributed by atoms with Crippen molar-refractivity contribution in [1.82, 2.24) is 4.90 Å². The number of aliphatic hydroxyl groups excluding tert-OH is 1. The topological polar surface area (TPSA) is 23.5 Å². The van der Waals surface area contributed by atoms with E-state index in [1.165, 1.54) is 0 Å². The Hall–Kier alpha value is 0.270. The molecule has 2 nitrogen and oxygen atoms in total. The maximum absolute atomic E-state index is 8.77. The quantitative estimate of drug-likeness (QED) is 0.621. The first-order valence-corrected chi connectivity index (χ1v) is 4.38. The number of aliphatic hydroxyl groups is 1. The molecule has 56 valence electrons. The molecule has 0 rings (SSSR count). The van der Waals surface area contributed by atoms with E-state index in [4.69, 9.17) is 5.11 Å². The normalized spacial score (nSPS) is 14.3. The van der Waals surface area contributed by atoms with Gasteiger partial charge in [-0.05, 0) is 20.4 Å². The van der Waals surface area contributed by atoms with Gasteiger partial charge in [0.2, 0.25) is 0 Å². The molecule has 0 radical (unpaired) electrons. The summed E-state index contributed by atoms with van der Waals surface area (Å²) in [5.74, 6) is 1.00. The first kappa shape index (κ1) is 9.27. The van der Waals surface area contributed by atoms with Crippen molar-refractivity contribution in [3.63, 3.8) is 0 Å². The van der Waals surface area contributed by atoms with Gasteiger partial charge < -0.3 is 10.0 Å². The molecular formula is C6H15NOS. The van der Waals surface area contributed by atoms with Crippen molar-refractivity contribution in [3.8, 4) is 0 Å². The van der Waals surface area contributed by atoms with Gasteiger partial charge in [0.1, 0.15) is 0 Å². The van der Waals surface area contributed by atoms with Crippen LogP contribution in [-0.2, 0) is 0 Å². The fraction of sp³-hybridized carbons (Fsp3) is 1.00. The van der Waals surface area contributed by atoms with Crippen LogP contribution < -0.4 is 0 Å². The zero-order chi connectivity index (χ0) is 7.28. The van der Waals surface area contributed by atoms with Gasteiger partial charge in [0.25, 0.3) is 0 Å². The average Bonchev–Trinajstić information content (AvgIpc) is 1.82. The second-order valence-electron chi connectivity index (χ2n) is 2.26. The standard InChI is InChI=1S/C6H15NOS/c1-7(2)6(4-8)5-9-3/h6,8H,4-5H2,1-3H3. The van der Waals surface area contributed by atoms with Crippen LogP contribution >= 0.6 is 11.8 Å². The van der Waals surface area contributed by atoms with Crippen LogP contribution in [0.5, 0.6) is 0 Å². The van der Waals surface area contributed by atoms with Crippen LogP contribution in [0.3, 0.4) is 0 Å². The summed E-state index contributed by atoms with van der Waals surface area (Å²) >= 11 is 1.76. The van der Waals surface area contributed by atoms with Gasteiger partial charge in [0.05, 0.1) is 6.61 Å². The van der Waals surface area contributed by atoms with Gasteiger partial charge in [-0.1, -0.05) is 0 Å². The lowest BCUT2D eigenvalue weighted by molar-refractivity contribution is 0.185. The monoisotopic (exact) mass is 149 g/mol. The molecule has 3 heteroatoms. The Labute approximate surface area is 61.2 Å². The summed E-state index contributed by atoms with van der Waals surface area (Å²) in [6.07, 6.45) is 2.05. The third kappa shape index (κ3) is 3.78. The number of nitrogens with zero attached hydrogens (tertiary/aromatic N) is 1. The largest absolute Gasteiger partial charge is 0.395 e. The van der Waals surface area contributed by atoms with E-state index in [0.29, 0.717) is 6.04 Å². The van der Waals surface area contributed by atoms with Crippen LogP contribution in [-0.4, -0.2) is 48.8 Å². The van der Waals surface area contributed by atoms with E-state index in [1.54, 1.807) is 11.8 Å². The molecule has 0 bridgehead atoms. The van der Waals surface area contributed by atoms with Gasteiger partial charge in [-0.25, -0.2) is 0 Å². The fourth-order valence-electron chi connectivity index (χ4n) is 0.557. The first-order chi connectivity index (χ1) is 4.22. The third-order valence-corrected chi connectivity index (χ3v) is 2.02. The second-order valence-corrected chi connectivity index (χ2v) is 3.17. The molecule has 0 spiro atoms. The minimum atomic E-state index is 0.258. The van der Waals surface area contributed by atoms with E-state index in [0.717, 1.165) is 5.75 Å². The van der Waals surface area contributed by atoms with Crippen molar-refractivity contribution >= 4 is 11.8 Å². The fourth-order valence-corrected chi connectivity index (χ4v) is 1.35. The molecular weight excluding hydrogens is 134 g/mol. The highest BCUT2D eigenvalue weighted by atomic mass is 32.2. The van der Waals surface area contributed by atoms with Crippen LogP contribution in [0.4, 0.5) is 0 Å². The molecule has 1 atom stereocenters. The first-order valence-electron chi connectivity index (χ1n) is 2.98. The zero-order valence-electron chi connectivity index (χ0n) is 6.29. The minimum Gasteiger partial charge on any atom is -0.395 e. The highest BCUT2D eigenvalue weighted by Crippen LogP contribution is 2.00. The van der Waals surface area contributed by atoms with Gasteiger partial charge >= 0.3 is 0 Å². The Bertz CT molecular complexity index is 68.1. The molecule has 0 heterocycles. The lowest BCUT2D eigenvalue weighted by Crippen LogP contribution is -2.33. The molecule has 0 fully saturated rings. The highest BCUT2D eigenvalue weighted by Gasteiger charge is 2.06. The molecule has 0 amide bonds. The van der Waals surface area contributed by atoms with E-state index >= 15 is 0 Å². The number of thioether (sulfide) groups is 1. The van der Waals surface area contributed by atoms with E-state index in [2.05, 4.69) is 0 Å². The lowest BCUT2D eigenvalue weighted by atomic mass is 10.3. The van der Waals surface area contributed by atoms with Crippen molar-refractivity contribution in [3.05, 3.63) is 0 Å². The molecule has 0 aliphatic heterocycles. The lowest BCUT2D eigenvalue weighted by Gasteiger charge is -2.20. The van der Waals surface area contributed by atoms with Crippen LogP contribution in [0.1, 0.15) is 0 Å². The van der Waals surface area contributed by atoms with Crippen molar-refractivity contribution in [2.75, 3.05) is 32.7 Å².